The third kappa shape index (κ3) is 4.95. The lowest BCUT2D eigenvalue weighted by Crippen LogP contribution is -2.52. The molecule has 2 aliphatic rings. The zero-order valence-electron chi connectivity index (χ0n) is 20.5. The fourth-order valence-corrected chi connectivity index (χ4v) is 5.38. The minimum atomic E-state index is -3.20. The van der Waals surface area contributed by atoms with Gasteiger partial charge in [0, 0.05) is 6.54 Å². The molecule has 1 atom stereocenters. The van der Waals surface area contributed by atoms with Crippen LogP contribution in [0.5, 0.6) is 0 Å². The number of amides is 2. The van der Waals surface area contributed by atoms with Crippen molar-refractivity contribution in [3.63, 3.8) is 0 Å². The first kappa shape index (κ1) is 25.0. The predicted molar refractivity (Wildman–Crippen MR) is 134 cm³/mol. The van der Waals surface area contributed by atoms with Gasteiger partial charge in [0.15, 0.2) is 0 Å². The molecule has 2 heterocycles. The second-order valence-electron chi connectivity index (χ2n) is 11.4. The molecule has 184 valence electrons. The molecule has 4 rings (SSSR count). The molecule has 1 spiro atoms. The third-order valence-corrected chi connectivity index (χ3v) is 7.83. The van der Waals surface area contributed by atoms with E-state index in [1.54, 1.807) is 4.90 Å². The molecule has 0 N–H and O–H groups in total. The Morgan fingerprint density at radius 2 is 1.62 bits per heavy atom. The van der Waals surface area contributed by atoms with Crippen LogP contribution >= 0.6 is 9.24 Å². The fraction of sp³-hybridized carbons (Fsp3) is 0.577. The molecule has 34 heavy (non-hydrogen) atoms. The van der Waals surface area contributed by atoms with Crippen molar-refractivity contribution >= 4 is 21.0 Å². The maximum absolute atomic E-state index is 13.7. The summed E-state index contributed by atoms with van der Waals surface area (Å²) in [6, 6.07) is 10.5. The summed E-state index contributed by atoms with van der Waals surface area (Å²) < 4.78 is 27.1. The van der Waals surface area contributed by atoms with Crippen molar-refractivity contribution in [2.75, 3.05) is 18.0 Å². The molecule has 1 unspecified atom stereocenters. The molecule has 2 amide bonds. The number of rotatable bonds is 5. The van der Waals surface area contributed by atoms with Crippen molar-refractivity contribution in [3.05, 3.63) is 54.1 Å². The van der Waals surface area contributed by atoms with Crippen LogP contribution in [0.15, 0.2) is 42.7 Å². The molecule has 5 nitrogen and oxygen atoms in total. The highest BCUT2D eigenvalue weighted by Crippen LogP contribution is 2.48. The molecule has 1 aliphatic carbocycles. The maximum Gasteiger partial charge on any atom is 0.325 e. The Bertz CT molecular complexity index is 1010. The zero-order valence-corrected chi connectivity index (χ0v) is 21.7. The monoisotopic (exact) mass is 488 g/mol. The second-order valence-corrected chi connectivity index (χ2v) is 12.1. The number of aromatic nitrogens is 2. The number of halogens is 2. The number of nitrogens with zero attached hydrogens (tertiary/aromatic N) is 4. The molecule has 0 radical (unpaired) electrons. The van der Waals surface area contributed by atoms with E-state index in [1.807, 2.05) is 11.0 Å². The molecule has 8 heteroatoms. The van der Waals surface area contributed by atoms with Gasteiger partial charge in [-0.2, -0.15) is 8.78 Å². The lowest BCUT2D eigenvalue weighted by atomic mass is 9.65. The first-order chi connectivity index (χ1) is 15.8. The molecule has 2 fully saturated rings. The molecular weight excluding hydrogens is 453 g/mol. The van der Waals surface area contributed by atoms with Crippen molar-refractivity contribution in [3.8, 4) is 0 Å². The van der Waals surface area contributed by atoms with Crippen LogP contribution in [-0.4, -0.2) is 39.5 Å². The van der Waals surface area contributed by atoms with E-state index in [0.717, 1.165) is 32.1 Å². The molecular formula is C26H35F2N4OP. The van der Waals surface area contributed by atoms with E-state index in [2.05, 4.69) is 61.9 Å². The van der Waals surface area contributed by atoms with Gasteiger partial charge in [-0.15, -0.1) is 0 Å². The topological polar surface area (TPSA) is 49.3 Å². The number of benzene rings is 1. The highest BCUT2D eigenvalue weighted by molar-refractivity contribution is 7.17. The average molecular weight is 489 g/mol. The SMILES string of the molecule is CC(C)(C)CCN1C(=O)N(c2cnc(C(F)(F)P)nc2)CC12CCC(C)(c1ccccc1)CC2. The molecule has 1 aliphatic heterocycles. The van der Waals surface area contributed by atoms with Crippen molar-refractivity contribution < 1.29 is 13.6 Å². The minimum absolute atomic E-state index is 0.0772. The first-order valence-corrected chi connectivity index (χ1v) is 12.5. The molecule has 1 saturated carbocycles. The summed E-state index contributed by atoms with van der Waals surface area (Å²) in [6.07, 6.45) is 7.34. The smallest absolute Gasteiger partial charge is 0.317 e. The number of alkyl halides is 2. The van der Waals surface area contributed by atoms with Crippen molar-refractivity contribution in [2.45, 2.75) is 76.4 Å². The molecule has 1 saturated heterocycles. The summed E-state index contributed by atoms with van der Waals surface area (Å²) in [5, 5.41) is 0. The lowest BCUT2D eigenvalue weighted by Gasteiger charge is -2.47. The van der Waals surface area contributed by atoms with Gasteiger partial charge in [-0.05, 0) is 48.5 Å². The van der Waals surface area contributed by atoms with E-state index in [4.69, 9.17) is 0 Å². The van der Waals surface area contributed by atoms with E-state index in [1.165, 1.54) is 27.2 Å². The number of hydrogen-bond donors (Lipinski definition) is 0. The van der Waals surface area contributed by atoms with Gasteiger partial charge in [0.2, 0.25) is 5.82 Å². The van der Waals surface area contributed by atoms with Crippen LogP contribution in [0.25, 0.3) is 0 Å². The summed E-state index contributed by atoms with van der Waals surface area (Å²) in [5.41, 5.74) is -1.49. The van der Waals surface area contributed by atoms with Crippen LogP contribution in [-0.2, 0) is 11.1 Å². The van der Waals surface area contributed by atoms with Crippen molar-refractivity contribution in [2.24, 2.45) is 5.41 Å². The van der Waals surface area contributed by atoms with Crippen molar-refractivity contribution in [1.29, 1.82) is 0 Å². The summed E-state index contributed by atoms with van der Waals surface area (Å²) in [6.45, 7) is 10.1. The van der Waals surface area contributed by atoms with E-state index in [9.17, 15) is 13.6 Å². The van der Waals surface area contributed by atoms with Gasteiger partial charge in [0.05, 0.1) is 30.2 Å². The number of hydrogen-bond acceptors (Lipinski definition) is 3. The van der Waals surface area contributed by atoms with Gasteiger partial charge < -0.3 is 4.90 Å². The Labute approximate surface area is 203 Å². The van der Waals surface area contributed by atoms with Crippen LogP contribution in [0.1, 0.15) is 71.2 Å². The average Bonchev–Trinajstić information content (AvgIpc) is 3.05. The van der Waals surface area contributed by atoms with E-state index in [0.29, 0.717) is 18.8 Å². The molecule has 1 aromatic carbocycles. The van der Waals surface area contributed by atoms with Crippen molar-refractivity contribution in [1.82, 2.24) is 14.9 Å². The quantitative estimate of drug-likeness (QED) is 0.461. The Kier molecular flexibility index (Phi) is 6.48. The summed E-state index contributed by atoms with van der Waals surface area (Å²) in [4.78, 5) is 25.1. The predicted octanol–water partition coefficient (Wildman–Crippen LogP) is 6.35. The second kappa shape index (κ2) is 8.82. The first-order valence-electron chi connectivity index (χ1n) is 12.0. The summed E-state index contributed by atoms with van der Waals surface area (Å²) in [5.74, 6) is -0.566. The summed E-state index contributed by atoms with van der Waals surface area (Å²) >= 11 is 0. The Hall–Kier alpha value is -2.14. The number of carbonyl (C=O) groups excluding carboxylic acids is 1. The Morgan fingerprint density at radius 3 is 2.15 bits per heavy atom. The van der Waals surface area contributed by atoms with Crippen LogP contribution in [0.3, 0.4) is 0 Å². The summed E-state index contributed by atoms with van der Waals surface area (Å²) in [7, 11) is 1.45. The largest absolute Gasteiger partial charge is 0.325 e. The van der Waals surface area contributed by atoms with Crippen LogP contribution in [0, 0.1) is 5.41 Å². The number of carbonyl (C=O) groups is 1. The van der Waals surface area contributed by atoms with Gasteiger partial charge in [-0.3, -0.25) is 4.90 Å². The lowest BCUT2D eigenvalue weighted by molar-refractivity contribution is 0.0847. The standard InChI is InChI=1S/C26H35F2N4OP/c1-23(2,3)14-15-32-22(33)31(20-16-29-21(30-17-20)26(27,28)34)18-25(32)12-10-24(4,11-13-25)19-8-6-5-7-9-19/h5-9,16-17H,10-15,18,34H2,1-4H3. The van der Waals surface area contributed by atoms with Gasteiger partial charge in [0.1, 0.15) is 0 Å². The zero-order chi connectivity index (χ0) is 24.8. The van der Waals surface area contributed by atoms with Crippen LogP contribution in [0.2, 0.25) is 0 Å². The molecule has 2 aromatic rings. The molecule has 1 aromatic heterocycles. The van der Waals surface area contributed by atoms with E-state index < -0.39 is 11.5 Å². The highest BCUT2D eigenvalue weighted by Gasteiger charge is 2.53. The highest BCUT2D eigenvalue weighted by atomic mass is 31.0. The molecule has 0 bridgehead atoms. The minimum Gasteiger partial charge on any atom is -0.317 e. The van der Waals surface area contributed by atoms with Crippen LogP contribution in [0.4, 0.5) is 19.3 Å². The third-order valence-electron chi connectivity index (χ3n) is 7.58. The van der Waals surface area contributed by atoms with Gasteiger partial charge in [-0.1, -0.05) is 67.3 Å². The Balaban J connectivity index is 1.60. The maximum atomic E-state index is 13.7. The van der Waals surface area contributed by atoms with Crippen LogP contribution < -0.4 is 4.90 Å². The fourth-order valence-electron chi connectivity index (χ4n) is 5.23. The number of urea groups is 1. The van der Waals surface area contributed by atoms with E-state index >= 15 is 0 Å². The van der Waals surface area contributed by atoms with Gasteiger partial charge in [0.25, 0.3) is 0 Å². The Morgan fingerprint density at radius 1 is 1.03 bits per heavy atom. The normalized spacial score (nSPS) is 25.9. The van der Waals surface area contributed by atoms with E-state index in [-0.39, 0.29) is 22.4 Å². The van der Waals surface area contributed by atoms with Gasteiger partial charge >= 0.3 is 11.7 Å². The van der Waals surface area contributed by atoms with Gasteiger partial charge in [-0.25, -0.2) is 14.8 Å². The number of anilines is 1.